The Morgan fingerprint density at radius 2 is 1.81 bits per heavy atom. The number of furan rings is 1. The number of carbonyl (C=O) groups is 1. The number of carbonyl (C=O) groups excluding carboxylic acids is 1. The van der Waals surface area contributed by atoms with Crippen molar-refractivity contribution in [2.24, 2.45) is 0 Å². The number of alkyl halides is 3. The maximum atomic E-state index is 12.9. The van der Waals surface area contributed by atoms with Crippen LogP contribution < -0.4 is 5.32 Å². The molecule has 1 aliphatic carbocycles. The number of rotatable bonds is 4. The fourth-order valence-corrected chi connectivity index (χ4v) is 3.57. The van der Waals surface area contributed by atoms with Gasteiger partial charge in [0.05, 0.1) is 5.56 Å². The lowest BCUT2D eigenvalue weighted by Gasteiger charge is -2.32. The van der Waals surface area contributed by atoms with Crippen molar-refractivity contribution in [2.45, 2.75) is 43.9 Å². The summed E-state index contributed by atoms with van der Waals surface area (Å²) >= 11 is 0. The van der Waals surface area contributed by atoms with Gasteiger partial charge in [-0.2, -0.15) is 13.2 Å². The van der Waals surface area contributed by atoms with Gasteiger partial charge in [0.15, 0.2) is 5.76 Å². The molecule has 0 atom stereocenters. The van der Waals surface area contributed by atoms with Crippen molar-refractivity contribution in [1.29, 1.82) is 0 Å². The van der Waals surface area contributed by atoms with Crippen molar-refractivity contribution in [3.63, 3.8) is 0 Å². The Hall–Kier alpha value is -2.28. The van der Waals surface area contributed by atoms with Crippen LogP contribution >= 0.6 is 0 Å². The third-order valence-corrected chi connectivity index (χ3v) is 5.23. The highest BCUT2D eigenvalue weighted by molar-refractivity contribution is 5.92. The van der Waals surface area contributed by atoms with Crippen LogP contribution in [0.5, 0.6) is 0 Å². The molecule has 1 saturated carbocycles. The van der Waals surface area contributed by atoms with Crippen LogP contribution in [0.25, 0.3) is 11.3 Å². The summed E-state index contributed by atoms with van der Waals surface area (Å²) in [6, 6.07) is 8.76. The summed E-state index contributed by atoms with van der Waals surface area (Å²) in [5.74, 6) is 0.0416. The molecule has 4 rings (SSSR count). The van der Waals surface area contributed by atoms with Gasteiger partial charge >= 0.3 is 6.18 Å². The molecule has 1 aromatic carbocycles. The molecule has 1 aliphatic heterocycles. The predicted octanol–water partition coefficient (Wildman–Crippen LogP) is 4.32. The summed E-state index contributed by atoms with van der Waals surface area (Å²) < 4.78 is 44.1. The smallest absolute Gasteiger partial charge is 0.416 e. The first kappa shape index (κ1) is 18.1. The molecule has 2 heterocycles. The van der Waals surface area contributed by atoms with E-state index in [2.05, 4.69) is 10.2 Å². The average Bonchev–Trinajstić information content (AvgIpc) is 3.38. The molecule has 2 aliphatic rings. The van der Waals surface area contributed by atoms with E-state index in [-0.39, 0.29) is 23.5 Å². The van der Waals surface area contributed by atoms with Gasteiger partial charge in [0.1, 0.15) is 5.76 Å². The van der Waals surface area contributed by atoms with Gasteiger partial charge in [-0.25, -0.2) is 0 Å². The molecule has 0 radical (unpaired) electrons. The zero-order valence-corrected chi connectivity index (χ0v) is 14.8. The number of amides is 1. The van der Waals surface area contributed by atoms with Crippen LogP contribution in [-0.4, -0.2) is 36.0 Å². The Labute approximate surface area is 155 Å². The summed E-state index contributed by atoms with van der Waals surface area (Å²) in [6.45, 7) is 1.98. The SMILES string of the molecule is O=C(NC1CCN(C2CC2)CC1)c1ccc(-c2cccc(C(F)(F)F)c2)o1. The van der Waals surface area contributed by atoms with Crippen LogP contribution in [0.4, 0.5) is 13.2 Å². The van der Waals surface area contributed by atoms with Crippen LogP contribution in [0.1, 0.15) is 41.8 Å². The summed E-state index contributed by atoms with van der Waals surface area (Å²) in [5, 5.41) is 2.98. The third kappa shape index (κ3) is 4.18. The standard InChI is InChI=1S/C20H21F3N2O2/c21-20(22,23)14-3-1-2-13(12-14)17-6-7-18(27-17)19(26)24-15-8-10-25(11-9-15)16-4-5-16/h1-3,6-7,12,15-16H,4-5,8-11H2,(H,24,26). The molecule has 27 heavy (non-hydrogen) atoms. The first-order chi connectivity index (χ1) is 12.9. The second-order valence-electron chi connectivity index (χ2n) is 7.26. The predicted molar refractivity (Wildman–Crippen MR) is 94.2 cm³/mol. The fourth-order valence-electron chi connectivity index (χ4n) is 3.57. The maximum absolute atomic E-state index is 12.9. The Morgan fingerprint density at radius 3 is 2.48 bits per heavy atom. The molecule has 4 nitrogen and oxygen atoms in total. The highest BCUT2D eigenvalue weighted by Crippen LogP contribution is 2.33. The van der Waals surface area contributed by atoms with Crippen LogP contribution in [0.15, 0.2) is 40.8 Å². The van der Waals surface area contributed by atoms with Gasteiger partial charge < -0.3 is 14.6 Å². The number of benzene rings is 1. The first-order valence-corrected chi connectivity index (χ1v) is 9.22. The van der Waals surface area contributed by atoms with Crippen molar-refractivity contribution in [3.05, 3.63) is 47.7 Å². The van der Waals surface area contributed by atoms with Crippen molar-refractivity contribution in [2.75, 3.05) is 13.1 Å². The molecule has 0 unspecified atom stereocenters. The van der Waals surface area contributed by atoms with Gasteiger partial charge in [-0.15, -0.1) is 0 Å². The van der Waals surface area contributed by atoms with E-state index in [1.807, 2.05) is 0 Å². The molecule has 0 spiro atoms. The Kier molecular flexibility index (Phi) is 4.72. The van der Waals surface area contributed by atoms with E-state index >= 15 is 0 Å². The zero-order chi connectivity index (χ0) is 19.0. The highest BCUT2D eigenvalue weighted by Gasteiger charge is 2.33. The van der Waals surface area contributed by atoms with E-state index < -0.39 is 11.7 Å². The minimum atomic E-state index is -4.42. The molecule has 1 saturated heterocycles. The largest absolute Gasteiger partial charge is 0.451 e. The lowest BCUT2D eigenvalue weighted by atomic mass is 10.0. The molecule has 144 valence electrons. The number of halogens is 3. The van der Waals surface area contributed by atoms with Gasteiger partial charge in [0.25, 0.3) is 5.91 Å². The Bertz CT molecular complexity index is 819. The summed E-state index contributed by atoms with van der Waals surface area (Å²) in [4.78, 5) is 14.9. The van der Waals surface area contributed by atoms with Gasteiger partial charge in [-0.1, -0.05) is 12.1 Å². The molecular weight excluding hydrogens is 357 g/mol. The van der Waals surface area contributed by atoms with E-state index in [1.54, 1.807) is 0 Å². The number of piperidine rings is 1. The lowest BCUT2D eigenvalue weighted by Crippen LogP contribution is -2.45. The molecule has 2 fully saturated rings. The van der Waals surface area contributed by atoms with Crippen molar-refractivity contribution in [3.8, 4) is 11.3 Å². The summed E-state index contributed by atoms with van der Waals surface area (Å²) in [5.41, 5.74) is -0.452. The Balaban J connectivity index is 1.39. The number of nitrogens with one attached hydrogen (secondary N) is 1. The second kappa shape index (κ2) is 7.03. The maximum Gasteiger partial charge on any atom is 0.416 e. The van der Waals surface area contributed by atoms with Crippen LogP contribution in [0.2, 0.25) is 0 Å². The minimum absolute atomic E-state index is 0.106. The van der Waals surface area contributed by atoms with Crippen molar-refractivity contribution >= 4 is 5.91 Å². The second-order valence-corrected chi connectivity index (χ2v) is 7.26. The molecule has 0 bridgehead atoms. The number of hydrogen-bond donors (Lipinski definition) is 1. The van der Waals surface area contributed by atoms with Crippen LogP contribution in [0, 0.1) is 0 Å². The van der Waals surface area contributed by atoms with Crippen molar-refractivity contribution in [1.82, 2.24) is 10.2 Å². The van der Waals surface area contributed by atoms with Gasteiger partial charge in [-0.3, -0.25) is 4.79 Å². The van der Waals surface area contributed by atoms with E-state index in [0.29, 0.717) is 5.56 Å². The van der Waals surface area contributed by atoms with E-state index in [9.17, 15) is 18.0 Å². The monoisotopic (exact) mass is 378 g/mol. The lowest BCUT2D eigenvalue weighted by molar-refractivity contribution is -0.137. The van der Waals surface area contributed by atoms with E-state index in [4.69, 9.17) is 4.42 Å². The molecule has 1 aromatic heterocycles. The Morgan fingerprint density at radius 1 is 1.07 bits per heavy atom. The van der Waals surface area contributed by atoms with Gasteiger partial charge in [0.2, 0.25) is 0 Å². The van der Waals surface area contributed by atoms with Gasteiger partial charge in [0, 0.05) is 30.7 Å². The highest BCUT2D eigenvalue weighted by atomic mass is 19.4. The summed E-state index contributed by atoms with van der Waals surface area (Å²) in [6.07, 6.45) is -0.0471. The van der Waals surface area contributed by atoms with Gasteiger partial charge in [-0.05, 0) is 49.9 Å². The van der Waals surface area contributed by atoms with E-state index in [0.717, 1.165) is 44.1 Å². The number of nitrogens with zero attached hydrogens (tertiary/aromatic N) is 1. The molecule has 7 heteroatoms. The van der Waals surface area contributed by atoms with E-state index in [1.165, 1.54) is 37.1 Å². The first-order valence-electron chi connectivity index (χ1n) is 9.22. The molecule has 1 N–H and O–H groups in total. The normalized spacial score (nSPS) is 19.2. The van der Waals surface area contributed by atoms with Crippen molar-refractivity contribution < 1.29 is 22.4 Å². The third-order valence-electron chi connectivity index (χ3n) is 5.23. The fraction of sp³-hybridized carbons (Fsp3) is 0.450. The van der Waals surface area contributed by atoms with Crippen LogP contribution in [-0.2, 0) is 6.18 Å². The minimum Gasteiger partial charge on any atom is -0.451 e. The average molecular weight is 378 g/mol. The molecular formula is C20H21F3N2O2. The zero-order valence-electron chi connectivity index (χ0n) is 14.8. The molecule has 1 amide bonds. The number of likely N-dealkylation sites (tertiary alicyclic amines) is 1. The quantitative estimate of drug-likeness (QED) is 0.862. The number of hydrogen-bond acceptors (Lipinski definition) is 3. The summed E-state index contributed by atoms with van der Waals surface area (Å²) in [7, 11) is 0. The topological polar surface area (TPSA) is 45.5 Å². The van der Waals surface area contributed by atoms with Crippen LogP contribution in [0.3, 0.4) is 0 Å². The molecule has 2 aromatic rings.